The molecule has 0 aliphatic carbocycles. The fourth-order valence-electron chi connectivity index (χ4n) is 1.29. The van der Waals surface area contributed by atoms with Crippen LogP contribution in [0.25, 0.3) is 0 Å². The summed E-state index contributed by atoms with van der Waals surface area (Å²) < 4.78 is 0. The molecule has 3 N–H and O–H groups in total. The third-order valence-electron chi connectivity index (χ3n) is 2.06. The van der Waals surface area contributed by atoms with Gasteiger partial charge in [0.15, 0.2) is 5.82 Å². The molecule has 0 aromatic carbocycles. The van der Waals surface area contributed by atoms with E-state index in [4.69, 9.17) is 0 Å². The molecule has 0 aliphatic rings. The molecule has 0 amide bonds. The molecule has 0 atom stereocenters. The van der Waals surface area contributed by atoms with Crippen LogP contribution in [0.4, 0.5) is 5.82 Å². The lowest BCUT2D eigenvalue weighted by molar-refractivity contribution is 0.802. The van der Waals surface area contributed by atoms with Gasteiger partial charge in [0.25, 0.3) is 5.56 Å². The van der Waals surface area contributed by atoms with Gasteiger partial charge in [0.2, 0.25) is 0 Å². The third kappa shape index (κ3) is 2.66. The molecule has 7 heteroatoms. The molecule has 7 nitrogen and oxygen atoms in total. The zero-order valence-electron chi connectivity index (χ0n) is 8.60. The molecule has 2 aromatic heterocycles. The second-order valence-electron chi connectivity index (χ2n) is 3.23. The van der Waals surface area contributed by atoms with Crippen LogP contribution in [0.1, 0.15) is 12.2 Å². The van der Waals surface area contributed by atoms with Gasteiger partial charge in [-0.3, -0.25) is 9.89 Å². The molecule has 0 fully saturated rings. The summed E-state index contributed by atoms with van der Waals surface area (Å²) in [6.07, 6.45) is 6.16. The van der Waals surface area contributed by atoms with Crippen LogP contribution < -0.4 is 10.9 Å². The van der Waals surface area contributed by atoms with Crippen molar-refractivity contribution < 1.29 is 0 Å². The van der Waals surface area contributed by atoms with E-state index in [-0.39, 0.29) is 5.56 Å². The van der Waals surface area contributed by atoms with Gasteiger partial charge in [-0.25, -0.2) is 9.97 Å². The van der Waals surface area contributed by atoms with Gasteiger partial charge in [0, 0.05) is 25.4 Å². The minimum atomic E-state index is -0.206. The van der Waals surface area contributed by atoms with E-state index in [2.05, 4.69) is 30.5 Å². The van der Waals surface area contributed by atoms with Crippen LogP contribution in [-0.2, 0) is 6.42 Å². The Morgan fingerprint density at radius 2 is 2.31 bits per heavy atom. The van der Waals surface area contributed by atoms with Crippen molar-refractivity contribution in [3.05, 3.63) is 34.9 Å². The van der Waals surface area contributed by atoms with Crippen molar-refractivity contribution in [1.29, 1.82) is 0 Å². The highest BCUT2D eigenvalue weighted by atomic mass is 16.1. The van der Waals surface area contributed by atoms with Gasteiger partial charge < -0.3 is 10.3 Å². The third-order valence-corrected chi connectivity index (χ3v) is 2.06. The lowest BCUT2D eigenvalue weighted by atomic mass is 10.3. The molecular formula is C9H12N6O. The second-order valence-corrected chi connectivity index (χ2v) is 3.23. The molecule has 0 saturated heterocycles. The molecule has 0 radical (unpaired) electrons. The van der Waals surface area contributed by atoms with E-state index >= 15 is 0 Å². The van der Waals surface area contributed by atoms with Crippen molar-refractivity contribution in [2.24, 2.45) is 0 Å². The molecule has 0 saturated carbocycles. The number of aromatic amines is 2. The molecular weight excluding hydrogens is 208 g/mol. The SMILES string of the molecule is O=c1[nH]ccnc1NCCCc1ncn[nH]1. The van der Waals surface area contributed by atoms with Gasteiger partial charge in [-0.05, 0) is 6.42 Å². The first-order valence-corrected chi connectivity index (χ1v) is 4.98. The van der Waals surface area contributed by atoms with E-state index in [0.717, 1.165) is 18.7 Å². The van der Waals surface area contributed by atoms with Crippen LogP contribution in [0.15, 0.2) is 23.5 Å². The summed E-state index contributed by atoms with van der Waals surface area (Å²) in [4.78, 5) is 21.7. The minimum absolute atomic E-state index is 0.206. The minimum Gasteiger partial charge on any atom is -0.365 e. The average Bonchev–Trinajstić information content (AvgIpc) is 2.79. The van der Waals surface area contributed by atoms with E-state index in [1.54, 1.807) is 6.20 Å². The Bertz CT molecular complexity index is 477. The highest BCUT2D eigenvalue weighted by Crippen LogP contribution is 1.95. The molecule has 84 valence electrons. The smallest absolute Gasteiger partial charge is 0.290 e. The van der Waals surface area contributed by atoms with E-state index in [0.29, 0.717) is 12.4 Å². The molecule has 0 aliphatic heterocycles. The van der Waals surface area contributed by atoms with Gasteiger partial charge in [0.05, 0.1) is 0 Å². The van der Waals surface area contributed by atoms with Crippen LogP contribution in [0.5, 0.6) is 0 Å². The summed E-state index contributed by atoms with van der Waals surface area (Å²) >= 11 is 0. The molecule has 16 heavy (non-hydrogen) atoms. The molecule has 0 spiro atoms. The Morgan fingerprint density at radius 1 is 1.38 bits per heavy atom. The topological polar surface area (TPSA) is 99.3 Å². The van der Waals surface area contributed by atoms with Crippen LogP contribution in [0.2, 0.25) is 0 Å². The van der Waals surface area contributed by atoms with Crippen LogP contribution in [0, 0.1) is 0 Å². The van der Waals surface area contributed by atoms with Gasteiger partial charge in [-0.2, -0.15) is 5.10 Å². The summed E-state index contributed by atoms with van der Waals surface area (Å²) in [5.41, 5.74) is -0.206. The van der Waals surface area contributed by atoms with E-state index < -0.39 is 0 Å². The number of hydrogen-bond donors (Lipinski definition) is 3. The molecule has 2 heterocycles. The molecule has 0 bridgehead atoms. The Morgan fingerprint density at radius 3 is 3.06 bits per heavy atom. The highest BCUT2D eigenvalue weighted by Gasteiger charge is 1.99. The Hall–Kier alpha value is -2.18. The fraction of sp³-hybridized carbons (Fsp3) is 0.333. The van der Waals surface area contributed by atoms with Crippen molar-refractivity contribution in [2.75, 3.05) is 11.9 Å². The van der Waals surface area contributed by atoms with Crippen LogP contribution in [-0.4, -0.2) is 31.7 Å². The first-order valence-electron chi connectivity index (χ1n) is 4.98. The molecule has 2 aromatic rings. The number of aromatic nitrogens is 5. The number of nitrogens with one attached hydrogen (secondary N) is 3. The summed E-state index contributed by atoms with van der Waals surface area (Å²) in [6, 6.07) is 0. The predicted octanol–water partition coefficient (Wildman–Crippen LogP) is -0.0673. The van der Waals surface area contributed by atoms with Gasteiger partial charge in [-0.15, -0.1) is 0 Å². The number of nitrogens with zero attached hydrogens (tertiary/aromatic N) is 3. The Kier molecular flexibility index (Phi) is 3.27. The van der Waals surface area contributed by atoms with Crippen molar-refractivity contribution in [3.8, 4) is 0 Å². The molecule has 0 unspecified atom stereocenters. The fourth-order valence-corrected chi connectivity index (χ4v) is 1.29. The van der Waals surface area contributed by atoms with Gasteiger partial charge >= 0.3 is 0 Å². The first-order chi connectivity index (χ1) is 7.86. The standard InChI is InChI=1S/C9H12N6O/c16-9-8(11-4-5-12-9)10-3-1-2-7-13-6-14-15-7/h4-6H,1-3H2,(H,10,11)(H,12,16)(H,13,14,15). The Labute approximate surface area is 91.4 Å². The van der Waals surface area contributed by atoms with Gasteiger partial charge in [-0.1, -0.05) is 0 Å². The van der Waals surface area contributed by atoms with Crippen molar-refractivity contribution in [2.45, 2.75) is 12.8 Å². The first kappa shape index (κ1) is 10.3. The van der Waals surface area contributed by atoms with Gasteiger partial charge in [0.1, 0.15) is 12.2 Å². The lowest BCUT2D eigenvalue weighted by Gasteiger charge is -2.02. The van der Waals surface area contributed by atoms with E-state index in [9.17, 15) is 4.79 Å². The number of anilines is 1. The highest BCUT2D eigenvalue weighted by molar-refractivity contribution is 5.29. The lowest BCUT2D eigenvalue weighted by Crippen LogP contribution is -2.16. The largest absolute Gasteiger partial charge is 0.365 e. The predicted molar refractivity (Wildman–Crippen MR) is 58.1 cm³/mol. The maximum atomic E-state index is 11.2. The maximum absolute atomic E-state index is 11.2. The summed E-state index contributed by atoms with van der Waals surface area (Å²) in [7, 11) is 0. The maximum Gasteiger partial charge on any atom is 0.290 e. The summed E-state index contributed by atoms with van der Waals surface area (Å²) in [5, 5.41) is 9.48. The van der Waals surface area contributed by atoms with Crippen molar-refractivity contribution in [1.82, 2.24) is 25.1 Å². The van der Waals surface area contributed by atoms with Crippen molar-refractivity contribution >= 4 is 5.82 Å². The van der Waals surface area contributed by atoms with E-state index in [1.165, 1.54) is 12.5 Å². The quantitative estimate of drug-likeness (QED) is 0.613. The number of aryl methyl sites for hydroxylation is 1. The normalized spacial score (nSPS) is 10.2. The summed E-state index contributed by atoms with van der Waals surface area (Å²) in [5.74, 6) is 1.19. The number of H-pyrrole nitrogens is 2. The second kappa shape index (κ2) is 5.06. The number of rotatable bonds is 5. The summed E-state index contributed by atoms with van der Waals surface area (Å²) in [6.45, 7) is 0.667. The zero-order chi connectivity index (χ0) is 11.2. The van der Waals surface area contributed by atoms with Crippen molar-refractivity contribution in [3.63, 3.8) is 0 Å². The molecule has 2 rings (SSSR count). The number of hydrogen-bond acceptors (Lipinski definition) is 5. The van der Waals surface area contributed by atoms with Crippen LogP contribution in [0.3, 0.4) is 0 Å². The van der Waals surface area contributed by atoms with E-state index in [1.807, 2.05) is 0 Å². The monoisotopic (exact) mass is 220 g/mol. The average molecular weight is 220 g/mol. The zero-order valence-corrected chi connectivity index (χ0v) is 8.60. The Balaban J connectivity index is 1.76. The van der Waals surface area contributed by atoms with Crippen LogP contribution >= 0.6 is 0 Å².